The van der Waals surface area contributed by atoms with E-state index < -0.39 is 0 Å². The Hall–Kier alpha value is -6.40. The molecule has 0 bridgehead atoms. The van der Waals surface area contributed by atoms with Crippen molar-refractivity contribution in [2.75, 3.05) is 0 Å². The molecule has 0 radical (unpaired) electrons. The number of aromatic nitrogens is 3. The smallest absolute Gasteiger partial charge is 0.166 e. The average Bonchev–Trinajstić information content (AvgIpc) is 3.89. The molecule has 0 spiro atoms. The third kappa shape index (κ3) is 4.20. The first-order valence-corrected chi connectivity index (χ1v) is 19.5. The van der Waals surface area contributed by atoms with E-state index in [9.17, 15) is 0 Å². The summed E-state index contributed by atoms with van der Waals surface area (Å²) in [6, 6.07) is 59.1. The van der Waals surface area contributed by atoms with E-state index in [0.717, 1.165) is 38.3 Å². The number of benzene rings is 8. The number of thiophene rings is 2. The predicted molar refractivity (Wildman–Crippen MR) is 228 cm³/mol. The van der Waals surface area contributed by atoms with E-state index in [2.05, 4.69) is 168 Å². The van der Waals surface area contributed by atoms with Crippen LogP contribution in [0.1, 0.15) is 0 Å². The van der Waals surface area contributed by atoms with E-state index in [1.165, 1.54) is 73.8 Å². The summed E-state index contributed by atoms with van der Waals surface area (Å²) in [5, 5.41) is 11.2. The Kier molecular flexibility index (Phi) is 6.09. The molecular formula is C48H27N3S2. The van der Waals surface area contributed by atoms with Crippen LogP contribution >= 0.6 is 22.7 Å². The predicted octanol–water partition coefficient (Wildman–Crippen LogP) is 13.9. The Labute approximate surface area is 311 Å². The lowest BCUT2D eigenvalue weighted by atomic mass is 9.98. The maximum Gasteiger partial charge on any atom is 0.166 e. The fourth-order valence-corrected chi connectivity index (χ4v) is 10.7. The van der Waals surface area contributed by atoms with Crippen LogP contribution in [0.3, 0.4) is 0 Å². The maximum atomic E-state index is 5.62. The van der Waals surface area contributed by atoms with E-state index >= 15 is 0 Å². The van der Waals surface area contributed by atoms with E-state index in [1.54, 1.807) is 11.3 Å². The van der Waals surface area contributed by atoms with Crippen molar-refractivity contribution in [1.29, 1.82) is 0 Å². The van der Waals surface area contributed by atoms with Crippen molar-refractivity contribution in [3.63, 3.8) is 0 Å². The molecule has 0 aliphatic heterocycles. The van der Waals surface area contributed by atoms with Crippen molar-refractivity contribution in [3.8, 4) is 28.2 Å². The van der Waals surface area contributed by atoms with Crippen LogP contribution < -0.4 is 0 Å². The third-order valence-electron chi connectivity index (χ3n) is 10.8. The standard InChI is InChI=1S/C48H27N3S2/c1-2-12-28(13-3-1)29-22-24-30(25-23-29)43-47(50-48-44(49-43)36-19-9-11-21-39(36)53-48)51-38-20-10-8-18-35(38)41-33-16-6-7-17-34(33)42-37-26-31-14-4-5-15-32(31)27-40(37)52-46(42)45(41)51/h1-27H. The molecule has 12 aromatic rings. The highest BCUT2D eigenvalue weighted by atomic mass is 32.1. The lowest BCUT2D eigenvalue weighted by Gasteiger charge is -2.14. The summed E-state index contributed by atoms with van der Waals surface area (Å²) >= 11 is 3.60. The third-order valence-corrected chi connectivity index (χ3v) is 13.0. The summed E-state index contributed by atoms with van der Waals surface area (Å²) in [5.41, 5.74) is 7.53. The van der Waals surface area contributed by atoms with Crippen LogP contribution in [0.5, 0.6) is 0 Å². The molecular weight excluding hydrogens is 683 g/mol. The van der Waals surface area contributed by atoms with Gasteiger partial charge in [0.05, 0.1) is 15.7 Å². The fourth-order valence-electron chi connectivity index (χ4n) is 8.40. The highest BCUT2D eigenvalue weighted by Gasteiger charge is 2.25. The Balaban J connectivity index is 1.26. The van der Waals surface area contributed by atoms with Gasteiger partial charge in [-0.05, 0) is 56.9 Å². The molecule has 0 aliphatic rings. The number of para-hydroxylation sites is 1. The summed E-state index contributed by atoms with van der Waals surface area (Å²) < 4.78 is 6.17. The first-order valence-electron chi connectivity index (χ1n) is 17.8. The van der Waals surface area contributed by atoms with Crippen LogP contribution in [0, 0.1) is 0 Å². The molecule has 53 heavy (non-hydrogen) atoms. The van der Waals surface area contributed by atoms with Gasteiger partial charge in [0.15, 0.2) is 5.82 Å². The van der Waals surface area contributed by atoms with Gasteiger partial charge in [0.2, 0.25) is 0 Å². The molecule has 0 unspecified atom stereocenters. The highest BCUT2D eigenvalue weighted by molar-refractivity contribution is 7.27. The molecule has 8 aromatic carbocycles. The van der Waals surface area contributed by atoms with Crippen molar-refractivity contribution in [2.24, 2.45) is 0 Å². The molecule has 0 atom stereocenters. The van der Waals surface area contributed by atoms with E-state index in [1.807, 2.05) is 11.3 Å². The Morgan fingerprint density at radius 3 is 1.87 bits per heavy atom. The van der Waals surface area contributed by atoms with Gasteiger partial charge >= 0.3 is 0 Å². The van der Waals surface area contributed by atoms with Gasteiger partial charge < -0.3 is 0 Å². The summed E-state index contributed by atoms with van der Waals surface area (Å²) in [6.07, 6.45) is 0. The zero-order chi connectivity index (χ0) is 34.6. The van der Waals surface area contributed by atoms with Crippen molar-refractivity contribution in [1.82, 2.24) is 14.5 Å². The molecule has 0 N–H and O–H groups in total. The molecule has 0 saturated carbocycles. The molecule has 3 nitrogen and oxygen atoms in total. The number of hydrogen-bond donors (Lipinski definition) is 0. The van der Waals surface area contributed by atoms with Gasteiger partial charge in [-0.3, -0.25) is 4.57 Å². The van der Waals surface area contributed by atoms with E-state index in [-0.39, 0.29) is 0 Å². The monoisotopic (exact) mass is 709 g/mol. The minimum absolute atomic E-state index is 0.849. The van der Waals surface area contributed by atoms with Crippen LogP contribution in [0.4, 0.5) is 0 Å². The highest BCUT2D eigenvalue weighted by Crippen LogP contribution is 2.49. The Morgan fingerprint density at radius 1 is 0.434 bits per heavy atom. The number of rotatable bonds is 3. The Bertz CT molecular complexity index is 3440. The van der Waals surface area contributed by atoms with Gasteiger partial charge in [0, 0.05) is 41.9 Å². The van der Waals surface area contributed by atoms with Gasteiger partial charge in [0.1, 0.15) is 16.0 Å². The molecule has 246 valence electrons. The molecule has 5 heteroatoms. The number of nitrogens with zero attached hydrogens (tertiary/aromatic N) is 3. The summed E-state index contributed by atoms with van der Waals surface area (Å²) in [5.74, 6) is 0.849. The summed E-state index contributed by atoms with van der Waals surface area (Å²) in [4.78, 5) is 12.1. The molecule has 0 aliphatic carbocycles. The van der Waals surface area contributed by atoms with Crippen molar-refractivity contribution < 1.29 is 0 Å². The molecule has 4 heterocycles. The molecule has 0 saturated heterocycles. The zero-order valence-electron chi connectivity index (χ0n) is 28.2. The number of hydrogen-bond acceptors (Lipinski definition) is 4. The molecule has 0 fully saturated rings. The SMILES string of the molecule is c1ccc(-c2ccc(-c3nc4c(nc3-n3c5ccccc5c5c6ccccc6c6c7cc8ccccc8cc7sc6c53)sc3ccccc34)cc2)cc1. The molecule has 4 aromatic heterocycles. The average molecular weight is 710 g/mol. The minimum atomic E-state index is 0.849. The fraction of sp³-hybridized carbons (Fsp3) is 0. The minimum Gasteiger partial charge on any atom is -0.290 e. The molecule has 0 amide bonds. The van der Waals surface area contributed by atoms with Crippen LogP contribution in [0.15, 0.2) is 164 Å². The van der Waals surface area contributed by atoms with E-state index in [0.29, 0.717) is 0 Å². The van der Waals surface area contributed by atoms with Crippen molar-refractivity contribution >= 4 is 107 Å². The second-order valence-electron chi connectivity index (χ2n) is 13.7. The lowest BCUT2D eigenvalue weighted by Crippen LogP contribution is -2.03. The lowest BCUT2D eigenvalue weighted by molar-refractivity contribution is 1.09. The van der Waals surface area contributed by atoms with Crippen molar-refractivity contribution in [3.05, 3.63) is 164 Å². The first-order chi connectivity index (χ1) is 26.3. The van der Waals surface area contributed by atoms with Gasteiger partial charge in [-0.25, -0.2) is 9.97 Å². The zero-order valence-corrected chi connectivity index (χ0v) is 29.9. The summed E-state index contributed by atoms with van der Waals surface area (Å²) in [7, 11) is 0. The first kappa shape index (κ1) is 29.2. The van der Waals surface area contributed by atoms with Crippen molar-refractivity contribution in [2.45, 2.75) is 0 Å². The molecule has 12 rings (SSSR count). The van der Waals surface area contributed by atoms with Crippen LogP contribution in [0.2, 0.25) is 0 Å². The maximum absolute atomic E-state index is 5.62. The van der Waals surface area contributed by atoms with Crippen LogP contribution in [0.25, 0.3) is 112 Å². The second kappa shape index (κ2) is 11.1. The normalized spacial score (nSPS) is 12.2. The Morgan fingerprint density at radius 2 is 1.06 bits per heavy atom. The second-order valence-corrected chi connectivity index (χ2v) is 15.8. The van der Waals surface area contributed by atoms with Crippen LogP contribution in [-0.2, 0) is 0 Å². The quantitative estimate of drug-likeness (QED) is 0.183. The van der Waals surface area contributed by atoms with Gasteiger partial charge in [-0.15, -0.1) is 22.7 Å². The van der Waals surface area contributed by atoms with Gasteiger partial charge in [-0.2, -0.15) is 0 Å². The van der Waals surface area contributed by atoms with Crippen LogP contribution in [-0.4, -0.2) is 14.5 Å². The van der Waals surface area contributed by atoms with Gasteiger partial charge in [0.25, 0.3) is 0 Å². The summed E-state index contributed by atoms with van der Waals surface area (Å²) in [6.45, 7) is 0. The number of fused-ring (bicyclic) bond motifs is 14. The topological polar surface area (TPSA) is 30.7 Å². The van der Waals surface area contributed by atoms with E-state index in [4.69, 9.17) is 9.97 Å². The van der Waals surface area contributed by atoms with Gasteiger partial charge in [-0.1, -0.05) is 140 Å². The largest absolute Gasteiger partial charge is 0.290 e.